The molecule has 1 amide bonds. The van der Waals surface area contributed by atoms with Crippen molar-refractivity contribution >= 4 is 39.8 Å². The smallest absolute Gasteiger partial charge is 0.254 e. The van der Waals surface area contributed by atoms with Gasteiger partial charge < -0.3 is 10.2 Å². The predicted octanol–water partition coefficient (Wildman–Crippen LogP) is 1.08. The first-order valence-corrected chi connectivity index (χ1v) is 8.18. The van der Waals surface area contributed by atoms with Gasteiger partial charge in [-0.25, -0.2) is 0 Å². The molecular formula is C12H16IN3OS. The molecule has 2 aliphatic heterocycles. The number of carbonyl (C=O) groups excluding carboxylic acids is 1. The minimum absolute atomic E-state index is 0.195. The van der Waals surface area contributed by atoms with Gasteiger partial charge in [0.15, 0.2) is 0 Å². The summed E-state index contributed by atoms with van der Waals surface area (Å²) in [6, 6.07) is 2.68. The lowest BCUT2D eigenvalue weighted by atomic mass is 10.1. The van der Waals surface area contributed by atoms with Crippen molar-refractivity contribution in [1.82, 2.24) is 15.1 Å². The van der Waals surface area contributed by atoms with E-state index in [1.165, 1.54) is 2.88 Å². The van der Waals surface area contributed by atoms with Gasteiger partial charge in [0.25, 0.3) is 5.91 Å². The van der Waals surface area contributed by atoms with Crippen molar-refractivity contribution in [3.8, 4) is 0 Å². The Morgan fingerprint density at radius 1 is 1.33 bits per heavy atom. The van der Waals surface area contributed by atoms with Gasteiger partial charge in [0.05, 0.1) is 8.45 Å². The summed E-state index contributed by atoms with van der Waals surface area (Å²) in [7, 11) is 0. The molecule has 1 aromatic rings. The standard InChI is InChI=1S/C12H16IN3OS/c13-11-5-9(8-18-11)12(17)16-3-1-15(2-4-16)10-6-14-7-10/h5,8,10,14H,1-4,6-7H2. The Morgan fingerprint density at radius 2 is 2.06 bits per heavy atom. The highest BCUT2D eigenvalue weighted by Crippen LogP contribution is 2.19. The van der Waals surface area contributed by atoms with E-state index in [-0.39, 0.29) is 5.91 Å². The summed E-state index contributed by atoms with van der Waals surface area (Å²) in [5.41, 5.74) is 0.850. The zero-order valence-corrected chi connectivity index (χ0v) is 13.0. The number of nitrogens with one attached hydrogen (secondary N) is 1. The third kappa shape index (κ3) is 2.56. The second-order valence-corrected chi connectivity index (χ2v) is 7.59. The second kappa shape index (κ2) is 5.44. The highest BCUT2D eigenvalue weighted by atomic mass is 127. The molecule has 0 aromatic carbocycles. The SMILES string of the molecule is O=C(c1csc(I)c1)N1CCN(C2CNC2)CC1. The maximum Gasteiger partial charge on any atom is 0.254 e. The average Bonchev–Trinajstić information content (AvgIpc) is 2.74. The van der Waals surface area contributed by atoms with Crippen molar-refractivity contribution < 1.29 is 4.79 Å². The van der Waals surface area contributed by atoms with E-state index in [1.807, 2.05) is 16.3 Å². The molecule has 3 heterocycles. The largest absolute Gasteiger partial charge is 0.336 e. The molecule has 0 unspecified atom stereocenters. The van der Waals surface area contributed by atoms with E-state index in [2.05, 4.69) is 32.8 Å². The normalized spacial score (nSPS) is 21.9. The van der Waals surface area contributed by atoms with Crippen molar-refractivity contribution in [1.29, 1.82) is 0 Å². The summed E-state index contributed by atoms with van der Waals surface area (Å²) in [5, 5.41) is 5.26. The lowest BCUT2D eigenvalue weighted by molar-refractivity contribution is 0.0502. The van der Waals surface area contributed by atoms with E-state index >= 15 is 0 Å². The van der Waals surface area contributed by atoms with Crippen molar-refractivity contribution in [2.24, 2.45) is 0 Å². The molecule has 6 heteroatoms. The van der Waals surface area contributed by atoms with Gasteiger partial charge in [-0.3, -0.25) is 9.69 Å². The molecule has 1 aromatic heterocycles. The highest BCUT2D eigenvalue weighted by molar-refractivity contribution is 14.1. The lowest BCUT2D eigenvalue weighted by Gasteiger charge is -2.43. The Labute approximate surface area is 124 Å². The van der Waals surface area contributed by atoms with Gasteiger partial charge in [-0.2, -0.15) is 0 Å². The molecule has 18 heavy (non-hydrogen) atoms. The van der Waals surface area contributed by atoms with E-state index in [9.17, 15) is 4.79 Å². The number of hydrogen-bond acceptors (Lipinski definition) is 4. The first-order chi connectivity index (χ1) is 8.74. The van der Waals surface area contributed by atoms with Crippen LogP contribution < -0.4 is 5.32 Å². The lowest BCUT2D eigenvalue weighted by Crippen LogP contribution is -2.62. The molecule has 0 saturated carbocycles. The zero-order chi connectivity index (χ0) is 12.5. The van der Waals surface area contributed by atoms with E-state index < -0.39 is 0 Å². The van der Waals surface area contributed by atoms with Crippen LogP contribution in [0.3, 0.4) is 0 Å². The van der Waals surface area contributed by atoms with Gasteiger partial charge in [0.1, 0.15) is 0 Å². The van der Waals surface area contributed by atoms with Crippen molar-refractivity contribution in [3.63, 3.8) is 0 Å². The van der Waals surface area contributed by atoms with E-state index in [4.69, 9.17) is 0 Å². The average molecular weight is 377 g/mol. The number of nitrogens with zero attached hydrogens (tertiary/aromatic N) is 2. The molecule has 3 rings (SSSR count). The minimum Gasteiger partial charge on any atom is -0.336 e. The van der Waals surface area contributed by atoms with E-state index in [1.54, 1.807) is 11.3 Å². The van der Waals surface area contributed by atoms with Gasteiger partial charge in [-0.15, -0.1) is 11.3 Å². The van der Waals surface area contributed by atoms with Crippen LogP contribution in [0.4, 0.5) is 0 Å². The summed E-state index contributed by atoms with van der Waals surface area (Å²) in [6.45, 7) is 5.97. The van der Waals surface area contributed by atoms with Gasteiger partial charge in [0, 0.05) is 50.7 Å². The maximum atomic E-state index is 12.3. The fourth-order valence-electron chi connectivity index (χ4n) is 2.43. The fourth-order valence-corrected chi connectivity index (χ4v) is 3.75. The van der Waals surface area contributed by atoms with E-state index in [0.717, 1.165) is 44.8 Å². The molecular weight excluding hydrogens is 361 g/mol. The molecule has 0 spiro atoms. The van der Waals surface area contributed by atoms with Crippen LogP contribution in [0.1, 0.15) is 10.4 Å². The van der Waals surface area contributed by atoms with Crippen molar-refractivity contribution in [2.75, 3.05) is 39.3 Å². The molecule has 98 valence electrons. The van der Waals surface area contributed by atoms with Crippen LogP contribution in [0.5, 0.6) is 0 Å². The Balaban J connectivity index is 1.57. The number of thiophene rings is 1. The molecule has 1 N–H and O–H groups in total. The van der Waals surface area contributed by atoms with Crippen LogP contribution in [0, 0.1) is 2.88 Å². The molecule has 0 radical (unpaired) electrons. The Hall–Kier alpha value is -0.180. The molecule has 0 bridgehead atoms. The summed E-state index contributed by atoms with van der Waals surface area (Å²) in [6.07, 6.45) is 0. The number of piperazine rings is 1. The van der Waals surface area contributed by atoms with Gasteiger partial charge >= 0.3 is 0 Å². The fraction of sp³-hybridized carbons (Fsp3) is 0.583. The highest BCUT2D eigenvalue weighted by Gasteiger charge is 2.29. The number of carbonyl (C=O) groups is 1. The van der Waals surface area contributed by atoms with Crippen molar-refractivity contribution in [2.45, 2.75) is 6.04 Å². The summed E-state index contributed by atoms with van der Waals surface area (Å²) < 4.78 is 1.18. The number of rotatable bonds is 2. The molecule has 4 nitrogen and oxygen atoms in total. The van der Waals surface area contributed by atoms with Gasteiger partial charge in [-0.1, -0.05) is 0 Å². The first kappa shape index (κ1) is 12.8. The summed E-state index contributed by atoms with van der Waals surface area (Å²) in [4.78, 5) is 16.8. The topological polar surface area (TPSA) is 35.6 Å². The first-order valence-electron chi connectivity index (χ1n) is 6.22. The monoisotopic (exact) mass is 377 g/mol. The Bertz CT molecular complexity index is 438. The van der Waals surface area contributed by atoms with Crippen LogP contribution >= 0.6 is 33.9 Å². The van der Waals surface area contributed by atoms with Crippen LogP contribution in [0.15, 0.2) is 11.4 Å². The molecule has 0 aliphatic carbocycles. The van der Waals surface area contributed by atoms with E-state index in [0.29, 0.717) is 6.04 Å². The Kier molecular flexibility index (Phi) is 3.88. The number of halogens is 1. The Morgan fingerprint density at radius 3 is 2.56 bits per heavy atom. The maximum absolute atomic E-state index is 12.3. The van der Waals surface area contributed by atoms with Crippen LogP contribution in [0.25, 0.3) is 0 Å². The molecule has 0 atom stereocenters. The summed E-state index contributed by atoms with van der Waals surface area (Å²) >= 11 is 3.90. The zero-order valence-electron chi connectivity index (χ0n) is 10.1. The quantitative estimate of drug-likeness (QED) is 0.784. The minimum atomic E-state index is 0.195. The van der Waals surface area contributed by atoms with Crippen molar-refractivity contribution in [3.05, 3.63) is 19.9 Å². The van der Waals surface area contributed by atoms with Gasteiger partial charge in [-0.05, 0) is 28.7 Å². The number of hydrogen-bond donors (Lipinski definition) is 1. The third-order valence-corrected chi connectivity index (χ3v) is 5.48. The third-order valence-electron chi connectivity index (χ3n) is 3.69. The molecule has 2 saturated heterocycles. The predicted molar refractivity (Wildman–Crippen MR) is 81.2 cm³/mol. The van der Waals surface area contributed by atoms with Gasteiger partial charge in [0.2, 0.25) is 0 Å². The van der Waals surface area contributed by atoms with Crippen LogP contribution in [0.2, 0.25) is 0 Å². The van der Waals surface area contributed by atoms with Crippen LogP contribution in [-0.2, 0) is 0 Å². The summed E-state index contributed by atoms with van der Waals surface area (Å²) in [5.74, 6) is 0.195. The second-order valence-electron chi connectivity index (χ2n) is 4.78. The molecule has 2 aliphatic rings. The number of amides is 1. The molecule has 2 fully saturated rings. The van der Waals surface area contributed by atoms with Crippen LogP contribution in [-0.4, -0.2) is 61.0 Å².